The predicted octanol–water partition coefficient (Wildman–Crippen LogP) is 2.08. The van der Waals surface area contributed by atoms with Crippen LogP contribution in [0.3, 0.4) is 0 Å². The molecule has 0 radical (unpaired) electrons. The lowest BCUT2D eigenvalue weighted by atomic mass is 10.2. The maximum absolute atomic E-state index is 3.91. The van der Waals surface area contributed by atoms with Crippen LogP contribution < -0.4 is 0 Å². The molecule has 0 aliphatic rings. The first-order valence-electron chi connectivity index (χ1n) is 4.17. The molecule has 0 unspecified atom stereocenters. The van der Waals surface area contributed by atoms with Gasteiger partial charge >= 0.3 is 0 Å². The Hall–Kier alpha value is -1.75. The lowest BCUT2D eigenvalue weighted by Gasteiger charge is -1.85. The number of para-hydroxylation sites is 1. The van der Waals surface area contributed by atoms with E-state index in [4.69, 9.17) is 0 Å². The maximum Gasteiger partial charge on any atom is 0.184 e. The number of rotatable bonds is 1. The van der Waals surface area contributed by atoms with Crippen molar-refractivity contribution in [3.05, 3.63) is 30.3 Å². The number of nitrogens with zero attached hydrogens (tertiary/aromatic N) is 3. The highest BCUT2D eigenvalue weighted by Gasteiger charge is 2.05. The fraction of sp³-hybridized carbons (Fsp3) is 0. The molecule has 1 N–H and O–H groups in total. The Balaban J connectivity index is 2.24. The van der Waals surface area contributed by atoms with Gasteiger partial charge in [-0.1, -0.05) is 22.7 Å². The number of nitrogens with one attached hydrogen (secondary N) is 1. The van der Waals surface area contributed by atoms with Crippen LogP contribution in [-0.4, -0.2) is 19.8 Å². The molecule has 2 aromatic heterocycles. The summed E-state index contributed by atoms with van der Waals surface area (Å²) in [5.41, 5.74) is 2.08. The topological polar surface area (TPSA) is 54.5 Å². The number of benzene rings is 1. The van der Waals surface area contributed by atoms with Crippen LogP contribution in [0.2, 0.25) is 0 Å². The molecule has 0 saturated carbocycles. The Labute approximate surface area is 83.8 Å². The monoisotopic (exact) mass is 202 g/mol. The number of H-pyrrole nitrogens is 1. The van der Waals surface area contributed by atoms with Gasteiger partial charge in [-0.2, -0.15) is 0 Å². The molecule has 0 aliphatic heterocycles. The smallest absolute Gasteiger partial charge is 0.184 e. The van der Waals surface area contributed by atoms with E-state index < -0.39 is 0 Å². The Morgan fingerprint density at radius 2 is 2.14 bits per heavy atom. The molecular formula is C9H6N4S. The summed E-state index contributed by atoms with van der Waals surface area (Å²) < 4.78 is 3.73. The normalized spacial score (nSPS) is 10.9. The summed E-state index contributed by atoms with van der Waals surface area (Å²) in [6.45, 7) is 0. The standard InChI is InChI=1S/C9H6N4S/c1-2-4-7-6(3-1)5-8(10-7)9-11-12-13-14-9/h1-5,10H. The second kappa shape index (κ2) is 2.88. The van der Waals surface area contributed by atoms with Crippen molar-refractivity contribution in [3.8, 4) is 10.7 Å². The highest BCUT2D eigenvalue weighted by Crippen LogP contribution is 2.23. The van der Waals surface area contributed by atoms with E-state index in [-0.39, 0.29) is 0 Å². The van der Waals surface area contributed by atoms with Gasteiger partial charge in [0.2, 0.25) is 0 Å². The second-order valence-corrected chi connectivity index (χ2v) is 3.67. The molecular weight excluding hydrogens is 196 g/mol. The van der Waals surface area contributed by atoms with Gasteiger partial charge < -0.3 is 4.98 Å². The summed E-state index contributed by atoms with van der Waals surface area (Å²) in [5.74, 6) is 0. The van der Waals surface area contributed by atoms with Crippen molar-refractivity contribution in [3.63, 3.8) is 0 Å². The zero-order valence-electron chi connectivity index (χ0n) is 7.14. The van der Waals surface area contributed by atoms with Gasteiger partial charge in [-0.3, -0.25) is 0 Å². The molecule has 14 heavy (non-hydrogen) atoms. The van der Waals surface area contributed by atoms with Crippen molar-refractivity contribution in [2.45, 2.75) is 0 Å². The van der Waals surface area contributed by atoms with Crippen LogP contribution in [0.4, 0.5) is 0 Å². The summed E-state index contributed by atoms with van der Waals surface area (Å²) in [6.07, 6.45) is 0. The zero-order chi connectivity index (χ0) is 9.38. The van der Waals surface area contributed by atoms with E-state index in [0.717, 1.165) is 16.2 Å². The Morgan fingerprint density at radius 3 is 2.93 bits per heavy atom. The van der Waals surface area contributed by atoms with Crippen molar-refractivity contribution < 1.29 is 0 Å². The van der Waals surface area contributed by atoms with Crippen molar-refractivity contribution in [2.24, 2.45) is 0 Å². The maximum atomic E-state index is 3.91. The van der Waals surface area contributed by atoms with Gasteiger partial charge in [0.1, 0.15) is 0 Å². The van der Waals surface area contributed by atoms with Crippen LogP contribution in [0.5, 0.6) is 0 Å². The summed E-state index contributed by atoms with van der Waals surface area (Å²) in [4.78, 5) is 3.27. The van der Waals surface area contributed by atoms with Gasteiger partial charge in [0.25, 0.3) is 0 Å². The van der Waals surface area contributed by atoms with Gasteiger partial charge in [0.05, 0.1) is 5.69 Å². The third kappa shape index (κ3) is 1.10. The fourth-order valence-electron chi connectivity index (χ4n) is 1.43. The number of aromatic amines is 1. The third-order valence-electron chi connectivity index (χ3n) is 2.06. The van der Waals surface area contributed by atoms with Crippen molar-refractivity contribution in [2.75, 3.05) is 0 Å². The molecule has 0 spiro atoms. The van der Waals surface area contributed by atoms with Crippen molar-refractivity contribution in [1.29, 1.82) is 0 Å². The molecule has 1 aromatic carbocycles. The number of fused-ring (bicyclic) bond motifs is 1. The Bertz CT molecular complexity index is 522. The van der Waals surface area contributed by atoms with Crippen molar-refractivity contribution in [1.82, 2.24) is 19.8 Å². The lowest BCUT2D eigenvalue weighted by Crippen LogP contribution is -1.74. The molecule has 0 bridgehead atoms. The number of aromatic nitrogens is 4. The molecule has 0 atom stereocenters. The molecule has 4 nitrogen and oxygen atoms in total. The average molecular weight is 202 g/mol. The van der Waals surface area contributed by atoms with E-state index in [1.807, 2.05) is 18.2 Å². The quantitative estimate of drug-likeness (QED) is 0.657. The van der Waals surface area contributed by atoms with Crippen molar-refractivity contribution >= 4 is 22.4 Å². The van der Waals surface area contributed by atoms with E-state index >= 15 is 0 Å². The van der Waals surface area contributed by atoms with Crippen LogP contribution in [0.1, 0.15) is 0 Å². The molecule has 5 heteroatoms. The molecule has 2 heterocycles. The van der Waals surface area contributed by atoms with E-state index in [0.29, 0.717) is 0 Å². The Kier molecular flexibility index (Phi) is 1.57. The molecule has 68 valence electrons. The van der Waals surface area contributed by atoms with Gasteiger partial charge in [0.15, 0.2) is 5.01 Å². The zero-order valence-corrected chi connectivity index (χ0v) is 7.95. The third-order valence-corrected chi connectivity index (χ3v) is 2.69. The molecule has 0 aliphatic carbocycles. The van der Waals surface area contributed by atoms with E-state index in [2.05, 4.69) is 31.9 Å². The summed E-state index contributed by atoms with van der Waals surface area (Å²) in [5, 5.41) is 9.47. The van der Waals surface area contributed by atoms with Crippen LogP contribution in [0.15, 0.2) is 30.3 Å². The first-order valence-corrected chi connectivity index (χ1v) is 4.94. The summed E-state index contributed by atoms with van der Waals surface area (Å²) >= 11 is 1.29. The minimum absolute atomic E-state index is 0.821. The number of hydrogen-bond acceptors (Lipinski definition) is 4. The molecule has 0 amide bonds. The van der Waals surface area contributed by atoms with E-state index in [9.17, 15) is 0 Å². The summed E-state index contributed by atoms with van der Waals surface area (Å²) in [6, 6.07) is 10.2. The molecule has 3 aromatic rings. The minimum Gasteiger partial charge on any atom is -0.352 e. The van der Waals surface area contributed by atoms with Gasteiger partial charge in [-0.05, 0) is 17.3 Å². The van der Waals surface area contributed by atoms with E-state index in [1.165, 1.54) is 16.9 Å². The van der Waals surface area contributed by atoms with Crippen LogP contribution in [-0.2, 0) is 0 Å². The molecule has 0 fully saturated rings. The minimum atomic E-state index is 0.821. The Morgan fingerprint density at radius 1 is 1.21 bits per heavy atom. The first-order chi connectivity index (χ1) is 6.93. The first kappa shape index (κ1) is 7.64. The SMILES string of the molecule is c1ccc2[nH]c(-c3nnns3)cc2c1. The van der Waals surface area contributed by atoms with Gasteiger partial charge in [-0.15, -0.1) is 5.10 Å². The van der Waals surface area contributed by atoms with Gasteiger partial charge in [0, 0.05) is 22.4 Å². The average Bonchev–Trinajstić information content (AvgIpc) is 2.86. The predicted molar refractivity (Wildman–Crippen MR) is 55.0 cm³/mol. The summed E-state index contributed by atoms with van der Waals surface area (Å²) in [7, 11) is 0. The van der Waals surface area contributed by atoms with Crippen LogP contribution in [0.25, 0.3) is 21.6 Å². The molecule has 0 saturated heterocycles. The van der Waals surface area contributed by atoms with Crippen LogP contribution in [0, 0.1) is 0 Å². The van der Waals surface area contributed by atoms with Gasteiger partial charge in [-0.25, -0.2) is 0 Å². The molecule has 3 rings (SSSR count). The highest BCUT2D eigenvalue weighted by molar-refractivity contribution is 7.08. The number of hydrogen-bond donors (Lipinski definition) is 1. The fourth-order valence-corrected chi connectivity index (χ4v) is 1.86. The van der Waals surface area contributed by atoms with Crippen LogP contribution >= 0.6 is 11.5 Å². The van der Waals surface area contributed by atoms with E-state index in [1.54, 1.807) is 0 Å². The lowest BCUT2D eigenvalue weighted by molar-refractivity contribution is 0.960. The highest BCUT2D eigenvalue weighted by atomic mass is 32.1. The second-order valence-electron chi connectivity index (χ2n) is 2.94. The largest absolute Gasteiger partial charge is 0.352 e.